The van der Waals surface area contributed by atoms with Crippen LogP contribution in [0, 0.1) is 0 Å². The molecule has 0 radical (unpaired) electrons. The number of carbonyl (C=O) groups is 2. The summed E-state index contributed by atoms with van der Waals surface area (Å²) in [4.78, 5) is 31.4. The minimum Gasteiger partial charge on any atom is -0.383 e. The number of rotatable bonds is 10. The Hall–Kier alpha value is -2.32. The van der Waals surface area contributed by atoms with Gasteiger partial charge in [-0.1, -0.05) is 47.3 Å². The zero-order valence-corrected chi connectivity index (χ0v) is 22.2. The molecule has 1 aromatic carbocycles. The summed E-state index contributed by atoms with van der Waals surface area (Å²) in [6.07, 6.45) is 7.59. The van der Waals surface area contributed by atoms with Crippen molar-refractivity contribution in [2.75, 3.05) is 40.9 Å². The molecule has 0 saturated heterocycles. The highest BCUT2D eigenvalue weighted by Crippen LogP contribution is 2.25. The second-order valence-electron chi connectivity index (χ2n) is 9.16. The summed E-state index contributed by atoms with van der Waals surface area (Å²) in [7, 11) is 5.02. The molecule has 0 N–H and O–H groups in total. The molecule has 1 aromatic heterocycles. The number of amides is 3. The second-order valence-corrected chi connectivity index (χ2v) is 10.1. The summed E-state index contributed by atoms with van der Waals surface area (Å²) >= 11 is 3.49. The fourth-order valence-electron chi connectivity index (χ4n) is 4.50. The maximum Gasteiger partial charge on any atom is 0.320 e. The van der Waals surface area contributed by atoms with Gasteiger partial charge in [0.2, 0.25) is 5.91 Å². The number of aromatic nitrogens is 1. The van der Waals surface area contributed by atoms with Gasteiger partial charge >= 0.3 is 6.03 Å². The first-order chi connectivity index (χ1) is 16.4. The van der Waals surface area contributed by atoms with Gasteiger partial charge in [-0.15, -0.1) is 0 Å². The van der Waals surface area contributed by atoms with Crippen molar-refractivity contribution in [3.8, 4) is 0 Å². The zero-order chi connectivity index (χ0) is 24.5. The molecule has 1 heterocycles. The Balaban J connectivity index is 1.78. The average Bonchev–Trinajstić information content (AvgIpc) is 3.28. The number of benzene rings is 1. The van der Waals surface area contributed by atoms with E-state index in [2.05, 4.69) is 44.9 Å². The molecular formula is C26H37BrN4O3. The summed E-state index contributed by atoms with van der Waals surface area (Å²) in [6.45, 7) is 2.14. The van der Waals surface area contributed by atoms with Crippen LogP contribution < -0.4 is 0 Å². The number of halogens is 1. The predicted octanol–water partition coefficient (Wildman–Crippen LogP) is 4.59. The van der Waals surface area contributed by atoms with E-state index in [1.54, 1.807) is 26.1 Å². The third kappa shape index (κ3) is 7.34. The molecule has 3 amide bonds. The Morgan fingerprint density at radius 2 is 1.79 bits per heavy atom. The summed E-state index contributed by atoms with van der Waals surface area (Å²) in [5.41, 5.74) is 2.31. The Kier molecular flexibility index (Phi) is 10.0. The van der Waals surface area contributed by atoms with Crippen LogP contribution in [0.1, 0.15) is 43.4 Å². The standard InChI is InChI=1S/C26H37BrN4O3/c1-28(2)26(33)30(16-17-34-3)20-25(32)31(23-8-5-4-6-9-23)19-24-10-7-15-29(24)18-21-11-13-22(27)14-12-21/h7,10-15,23H,4-6,8-9,16-20H2,1-3H3. The average molecular weight is 534 g/mol. The van der Waals surface area contributed by atoms with Crippen molar-refractivity contribution in [2.24, 2.45) is 0 Å². The number of ether oxygens (including phenoxy) is 1. The van der Waals surface area contributed by atoms with Gasteiger partial charge in [-0.05, 0) is 42.7 Å². The van der Waals surface area contributed by atoms with E-state index in [0.717, 1.165) is 42.4 Å². The van der Waals surface area contributed by atoms with Gasteiger partial charge in [-0.25, -0.2) is 4.79 Å². The summed E-state index contributed by atoms with van der Waals surface area (Å²) < 4.78 is 8.45. The number of urea groups is 1. The lowest BCUT2D eigenvalue weighted by Gasteiger charge is -2.36. The van der Waals surface area contributed by atoms with E-state index in [1.807, 2.05) is 23.1 Å². The lowest BCUT2D eigenvalue weighted by molar-refractivity contribution is -0.135. The van der Waals surface area contributed by atoms with Crippen LogP contribution >= 0.6 is 15.9 Å². The number of carbonyl (C=O) groups excluding carboxylic acids is 2. The fourth-order valence-corrected chi connectivity index (χ4v) is 4.77. The number of hydrogen-bond acceptors (Lipinski definition) is 3. The first-order valence-electron chi connectivity index (χ1n) is 12.0. The quantitative estimate of drug-likeness (QED) is 0.449. The molecule has 7 nitrogen and oxygen atoms in total. The lowest BCUT2D eigenvalue weighted by atomic mass is 9.94. The van der Waals surface area contributed by atoms with Crippen LogP contribution in [-0.2, 0) is 22.6 Å². The molecule has 1 saturated carbocycles. The van der Waals surface area contributed by atoms with Gasteiger partial charge in [0.15, 0.2) is 0 Å². The lowest BCUT2D eigenvalue weighted by Crippen LogP contribution is -2.50. The van der Waals surface area contributed by atoms with Crippen molar-refractivity contribution in [1.29, 1.82) is 0 Å². The molecule has 1 aliphatic rings. The van der Waals surface area contributed by atoms with Crippen LogP contribution in [0.2, 0.25) is 0 Å². The van der Waals surface area contributed by atoms with Gasteiger partial charge in [-0.2, -0.15) is 0 Å². The van der Waals surface area contributed by atoms with Crippen molar-refractivity contribution >= 4 is 27.9 Å². The summed E-state index contributed by atoms with van der Waals surface area (Å²) in [5.74, 6) is -0.00500. The van der Waals surface area contributed by atoms with Crippen LogP contribution in [0.5, 0.6) is 0 Å². The van der Waals surface area contributed by atoms with E-state index in [4.69, 9.17) is 4.74 Å². The highest BCUT2D eigenvalue weighted by atomic mass is 79.9. The fraction of sp³-hybridized carbons (Fsp3) is 0.538. The van der Waals surface area contributed by atoms with Crippen LogP contribution in [0.15, 0.2) is 47.1 Å². The van der Waals surface area contributed by atoms with Crippen LogP contribution in [0.3, 0.4) is 0 Å². The number of methoxy groups -OCH3 is 1. The van der Waals surface area contributed by atoms with Gasteiger partial charge in [0.1, 0.15) is 6.54 Å². The molecule has 186 valence electrons. The summed E-state index contributed by atoms with van der Waals surface area (Å²) in [6, 6.07) is 12.5. The third-order valence-electron chi connectivity index (χ3n) is 6.40. The van der Waals surface area contributed by atoms with Gasteiger partial charge in [0.25, 0.3) is 0 Å². The molecule has 0 spiro atoms. The maximum absolute atomic E-state index is 13.6. The van der Waals surface area contributed by atoms with Gasteiger partial charge in [-0.3, -0.25) is 4.79 Å². The Morgan fingerprint density at radius 1 is 1.09 bits per heavy atom. The monoisotopic (exact) mass is 532 g/mol. The van der Waals surface area contributed by atoms with E-state index in [9.17, 15) is 9.59 Å². The van der Waals surface area contributed by atoms with Gasteiger partial charge in [0.05, 0.1) is 13.2 Å². The highest BCUT2D eigenvalue weighted by Gasteiger charge is 2.29. The topological polar surface area (TPSA) is 58.0 Å². The van der Waals surface area contributed by atoms with Gasteiger partial charge < -0.3 is 24.0 Å². The van der Waals surface area contributed by atoms with Crippen molar-refractivity contribution in [1.82, 2.24) is 19.3 Å². The normalized spacial score (nSPS) is 14.1. The second kappa shape index (κ2) is 13.0. The minimum atomic E-state index is -0.174. The molecule has 1 fully saturated rings. The molecule has 3 rings (SSSR count). The molecule has 2 aromatic rings. The Bertz CT molecular complexity index is 922. The molecule has 0 bridgehead atoms. The molecular weight excluding hydrogens is 496 g/mol. The highest BCUT2D eigenvalue weighted by molar-refractivity contribution is 9.10. The van der Waals surface area contributed by atoms with Crippen LogP contribution in [0.4, 0.5) is 4.79 Å². The number of hydrogen-bond donors (Lipinski definition) is 0. The van der Waals surface area contributed by atoms with E-state index in [0.29, 0.717) is 19.7 Å². The van der Waals surface area contributed by atoms with Crippen molar-refractivity contribution in [2.45, 2.75) is 51.2 Å². The van der Waals surface area contributed by atoms with Crippen molar-refractivity contribution < 1.29 is 14.3 Å². The van der Waals surface area contributed by atoms with E-state index in [-0.39, 0.29) is 24.5 Å². The van der Waals surface area contributed by atoms with E-state index in [1.165, 1.54) is 16.9 Å². The van der Waals surface area contributed by atoms with E-state index >= 15 is 0 Å². The Morgan fingerprint density at radius 3 is 2.44 bits per heavy atom. The first-order valence-corrected chi connectivity index (χ1v) is 12.8. The van der Waals surface area contributed by atoms with E-state index < -0.39 is 0 Å². The number of nitrogens with zero attached hydrogens (tertiary/aromatic N) is 4. The smallest absolute Gasteiger partial charge is 0.320 e. The first kappa shape index (κ1) is 26.3. The maximum atomic E-state index is 13.6. The molecule has 0 unspecified atom stereocenters. The third-order valence-corrected chi connectivity index (χ3v) is 6.93. The zero-order valence-electron chi connectivity index (χ0n) is 20.6. The summed E-state index contributed by atoms with van der Waals surface area (Å²) in [5, 5.41) is 0. The molecule has 0 aliphatic heterocycles. The largest absolute Gasteiger partial charge is 0.383 e. The molecule has 0 atom stereocenters. The molecule has 34 heavy (non-hydrogen) atoms. The SMILES string of the molecule is COCCN(CC(=O)N(Cc1cccn1Cc1ccc(Br)cc1)C1CCCCC1)C(=O)N(C)C. The minimum absolute atomic E-state index is 0.00500. The van der Waals surface area contributed by atoms with Crippen LogP contribution in [0.25, 0.3) is 0 Å². The Labute approximate surface area is 211 Å². The molecule has 1 aliphatic carbocycles. The predicted molar refractivity (Wildman–Crippen MR) is 138 cm³/mol. The van der Waals surface area contributed by atoms with Crippen LogP contribution in [-0.4, -0.2) is 78.1 Å². The van der Waals surface area contributed by atoms with Crippen molar-refractivity contribution in [3.05, 3.63) is 58.3 Å². The van der Waals surface area contributed by atoms with Gasteiger partial charge in [0, 0.05) is 56.7 Å². The van der Waals surface area contributed by atoms with Crippen molar-refractivity contribution in [3.63, 3.8) is 0 Å². The molecule has 8 heteroatoms.